The first-order valence-corrected chi connectivity index (χ1v) is 19.6. The zero-order valence-electron chi connectivity index (χ0n) is 31.0. The quantitative estimate of drug-likeness (QED) is 0.193. The summed E-state index contributed by atoms with van der Waals surface area (Å²) in [6.45, 7) is 7.17. The predicted molar refractivity (Wildman–Crippen MR) is 228 cm³/mol. The SMILES string of the molecule is CCC1Nc2ccccc2N1c1ccc2c(c1)C(C)(C)C1=CC(c3cc(-c4ccccc4)c4c(c3-c3ccccc3)-c3cccc5cccc-4c35)=CCC12. The summed E-state index contributed by atoms with van der Waals surface area (Å²) >= 11 is 0. The van der Waals surface area contributed by atoms with Gasteiger partial charge in [0.15, 0.2) is 0 Å². The molecule has 0 bridgehead atoms. The van der Waals surface area contributed by atoms with E-state index in [-0.39, 0.29) is 11.6 Å². The molecule has 11 rings (SSSR count). The van der Waals surface area contributed by atoms with Crippen LogP contribution in [0.4, 0.5) is 17.1 Å². The molecule has 0 radical (unpaired) electrons. The van der Waals surface area contributed by atoms with Gasteiger partial charge in [-0.25, -0.2) is 0 Å². The number of hydrogen-bond donors (Lipinski definition) is 1. The van der Waals surface area contributed by atoms with Gasteiger partial charge >= 0.3 is 0 Å². The Kier molecular flexibility index (Phi) is 6.80. The van der Waals surface area contributed by atoms with Crippen molar-refractivity contribution in [3.8, 4) is 44.5 Å². The van der Waals surface area contributed by atoms with Crippen LogP contribution in [0.1, 0.15) is 56.2 Å². The Balaban J connectivity index is 1.11. The van der Waals surface area contributed by atoms with Crippen LogP contribution in [-0.2, 0) is 5.41 Å². The van der Waals surface area contributed by atoms with Crippen molar-refractivity contribution >= 4 is 33.4 Å². The summed E-state index contributed by atoms with van der Waals surface area (Å²) in [5.41, 5.74) is 21.2. The van der Waals surface area contributed by atoms with E-state index in [4.69, 9.17) is 0 Å². The van der Waals surface area contributed by atoms with E-state index < -0.39 is 0 Å². The van der Waals surface area contributed by atoms with Crippen molar-refractivity contribution in [1.82, 2.24) is 0 Å². The summed E-state index contributed by atoms with van der Waals surface area (Å²) in [6.07, 6.45) is 7.36. The molecule has 2 atom stereocenters. The van der Waals surface area contributed by atoms with Gasteiger partial charge in [-0.2, -0.15) is 0 Å². The number of nitrogens with zero attached hydrogens (tertiary/aromatic N) is 1. The van der Waals surface area contributed by atoms with Gasteiger partial charge < -0.3 is 10.2 Å². The maximum Gasteiger partial charge on any atom is 0.104 e. The minimum atomic E-state index is -0.113. The monoisotopic (exact) mass is 694 g/mol. The number of para-hydroxylation sites is 2. The number of nitrogens with one attached hydrogen (secondary N) is 1. The molecular weight excluding hydrogens is 653 g/mol. The van der Waals surface area contributed by atoms with Gasteiger partial charge in [0.05, 0.1) is 11.4 Å². The average Bonchev–Trinajstić information content (AvgIpc) is 3.84. The van der Waals surface area contributed by atoms with E-state index in [9.17, 15) is 0 Å². The Hall–Kier alpha value is -6.12. The Bertz CT molecular complexity index is 2730. The highest BCUT2D eigenvalue weighted by molar-refractivity contribution is 6.22. The molecule has 0 saturated carbocycles. The summed E-state index contributed by atoms with van der Waals surface area (Å²) in [6, 6.07) is 54.3. The van der Waals surface area contributed by atoms with Crippen LogP contribution in [0, 0.1) is 0 Å². The number of rotatable bonds is 5. The Morgan fingerprint density at radius 2 is 1.35 bits per heavy atom. The minimum Gasteiger partial charge on any atom is -0.363 e. The second kappa shape index (κ2) is 11.7. The van der Waals surface area contributed by atoms with Crippen LogP contribution in [0.3, 0.4) is 0 Å². The van der Waals surface area contributed by atoms with Gasteiger partial charge in [-0.05, 0) is 121 Å². The third-order valence-electron chi connectivity index (χ3n) is 12.8. The van der Waals surface area contributed by atoms with E-state index in [1.165, 1.54) is 100 Å². The molecule has 0 spiro atoms. The van der Waals surface area contributed by atoms with Crippen molar-refractivity contribution in [2.75, 3.05) is 10.2 Å². The maximum atomic E-state index is 3.77. The number of anilines is 3. The Morgan fingerprint density at radius 1 is 0.648 bits per heavy atom. The van der Waals surface area contributed by atoms with Crippen molar-refractivity contribution in [2.24, 2.45) is 0 Å². The molecule has 7 aromatic rings. The van der Waals surface area contributed by atoms with E-state index in [1.807, 2.05) is 0 Å². The Morgan fingerprint density at radius 3 is 2.11 bits per heavy atom. The molecule has 2 unspecified atom stereocenters. The lowest BCUT2D eigenvalue weighted by Gasteiger charge is -2.29. The largest absolute Gasteiger partial charge is 0.363 e. The lowest BCUT2D eigenvalue weighted by Crippen LogP contribution is -2.31. The zero-order valence-corrected chi connectivity index (χ0v) is 31.0. The molecular formula is C52H42N2. The zero-order chi connectivity index (χ0) is 36.1. The fourth-order valence-electron chi connectivity index (χ4n) is 10.3. The van der Waals surface area contributed by atoms with E-state index in [0.717, 1.165) is 12.8 Å². The summed E-state index contributed by atoms with van der Waals surface area (Å²) in [5, 5.41) is 6.43. The van der Waals surface area contributed by atoms with Crippen molar-refractivity contribution in [3.63, 3.8) is 0 Å². The van der Waals surface area contributed by atoms with E-state index in [1.54, 1.807) is 0 Å². The molecule has 2 nitrogen and oxygen atoms in total. The van der Waals surface area contributed by atoms with Crippen LogP contribution in [0.5, 0.6) is 0 Å². The molecule has 0 aromatic heterocycles. The second-order valence-electron chi connectivity index (χ2n) is 15.9. The maximum absolute atomic E-state index is 3.77. The normalized spacial score (nSPS) is 18.4. The van der Waals surface area contributed by atoms with Crippen molar-refractivity contribution in [2.45, 2.75) is 51.1 Å². The predicted octanol–water partition coefficient (Wildman–Crippen LogP) is 13.9. The number of benzene rings is 7. The Labute approximate surface area is 318 Å². The highest BCUT2D eigenvalue weighted by Crippen LogP contribution is 2.59. The molecule has 0 amide bonds. The van der Waals surface area contributed by atoms with Crippen molar-refractivity contribution < 1.29 is 0 Å². The molecule has 7 aromatic carbocycles. The molecule has 0 fully saturated rings. The molecule has 2 heteroatoms. The van der Waals surface area contributed by atoms with Crippen molar-refractivity contribution in [1.29, 1.82) is 0 Å². The third-order valence-corrected chi connectivity index (χ3v) is 12.8. The summed E-state index contributed by atoms with van der Waals surface area (Å²) < 4.78 is 0. The van der Waals surface area contributed by atoms with Crippen molar-refractivity contribution in [3.05, 3.63) is 180 Å². The minimum absolute atomic E-state index is 0.113. The van der Waals surface area contributed by atoms with Gasteiger partial charge in [-0.15, -0.1) is 0 Å². The lowest BCUT2D eigenvalue weighted by atomic mass is 9.75. The molecule has 3 aliphatic carbocycles. The topological polar surface area (TPSA) is 15.3 Å². The van der Waals surface area contributed by atoms with Gasteiger partial charge in [-0.3, -0.25) is 0 Å². The van der Waals surface area contributed by atoms with Gasteiger partial charge in [0.1, 0.15) is 6.17 Å². The van der Waals surface area contributed by atoms with E-state index in [0.29, 0.717) is 5.92 Å². The number of allylic oxidation sites excluding steroid dienone is 4. The van der Waals surface area contributed by atoms with Crippen LogP contribution < -0.4 is 10.2 Å². The lowest BCUT2D eigenvalue weighted by molar-refractivity contribution is 0.613. The molecule has 1 aliphatic heterocycles. The first-order valence-electron chi connectivity index (χ1n) is 19.6. The fourth-order valence-corrected chi connectivity index (χ4v) is 10.3. The van der Waals surface area contributed by atoms with Gasteiger partial charge in [0.2, 0.25) is 0 Å². The summed E-state index contributed by atoms with van der Waals surface area (Å²) in [7, 11) is 0. The molecule has 54 heavy (non-hydrogen) atoms. The van der Waals surface area contributed by atoms with Crippen LogP contribution in [0.2, 0.25) is 0 Å². The van der Waals surface area contributed by atoms with Crippen LogP contribution in [0.15, 0.2) is 163 Å². The molecule has 4 aliphatic rings. The summed E-state index contributed by atoms with van der Waals surface area (Å²) in [4.78, 5) is 2.51. The van der Waals surface area contributed by atoms with Gasteiger partial charge in [0, 0.05) is 17.0 Å². The van der Waals surface area contributed by atoms with E-state index in [2.05, 4.69) is 189 Å². The first-order chi connectivity index (χ1) is 26.5. The standard InChI is InChI=1S/C52H42N2/c1-4-47-53-45-23-11-12-24-46(45)54(47)36-26-28-38-37-27-25-35(29-43(37)52(2,3)44(38)30-36)42-31-41(32-15-7-5-8-16-32)50-39-21-13-19-33-20-14-22-40(48(33)39)51(50)49(42)34-17-9-6-10-18-34/h5-26,28-31,37,47,53H,4,27H2,1-3H3. The highest BCUT2D eigenvalue weighted by Gasteiger charge is 2.43. The highest BCUT2D eigenvalue weighted by atomic mass is 15.3. The van der Waals surface area contributed by atoms with Gasteiger partial charge in [0.25, 0.3) is 0 Å². The molecule has 1 N–H and O–H groups in total. The molecule has 260 valence electrons. The molecule has 0 saturated heterocycles. The van der Waals surface area contributed by atoms with Crippen LogP contribution in [0.25, 0.3) is 60.9 Å². The smallest absolute Gasteiger partial charge is 0.104 e. The second-order valence-corrected chi connectivity index (χ2v) is 15.9. The van der Waals surface area contributed by atoms with Gasteiger partial charge in [-0.1, -0.05) is 154 Å². The third kappa shape index (κ3) is 4.40. The van der Waals surface area contributed by atoms with Crippen LogP contribution >= 0.6 is 0 Å². The average molecular weight is 695 g/mol. The number of hydrogen-bond acceptors (Lipinski definition) is 2. The van der Waals surface area contributed by atoms with E-state index >= 15 is 0 Å². The fraction of sp³-hybridized carbons (Fsp3) is 0.154. The first kappa shape index (κ1) is 31.4. The van der Waals surface area contributed by atoms with Crippen LogP contribution in [-0.4, -0.2) is 6.17 Å². The summed E-state index contributed by atoms with van der Waals surface area (Å²) in [5.74, 6) is 0.375. The number of fused-ring (bicyclic) bond motifs is 7. The molecule has 1 heterocycles.